The fourth-order valence-corrected chi connectivity index (χ4v) is 2.70. The number of thiophene rings is 1. The summed E-state index contributed by atoms with van der Waals surface area (Å²) in [6.45, 7) is 3.91. The SMILES string of the molecule is Cc1sc(-n2cccc2C=O)c(C#N)c1C. The summed E-state index contributed by atoms with van der Waals surface area (Å²) >= 11 is 1.53. The number of nitrogens with zero attached hydrogens (tertiary/aromatic N) is 2. The average molecular weight is 230 g/mol. The molecule has 2 aromatic heterocycles. The van der Waals surface area contributed by atoms with Crippen molar-refractivity contribution in [1.29, 1.82) is 5.26 Å². The quantitative estimate of drug-likeness (QED) is 0.745. The average Bonchev–Trinajstić information content (AvgIpc) is 2.84. The van der Waals surface area contributed by atoms with Gasteiger partial charge in [-0.2, -0.15) is 5.26 Å². The Kier molecular flexibility index (Phi) is 2.63. The summed E-state index contributed by atoms with van der Waals surface area (Å²) in [5, 5.41) is 9.95. The van der Waals surface area contributed by atoms with Crippen LogP contribution in [0.1, 0.15) is 26.5 Å². The lowest BCUT2D eigenvalue weighted by atomic mass is 10.2. The molecule has 0 fully saturated rings. The number of aromatic nitrogens is 1. The maximum atomic E-state index is 10.9. The van der Waals surface area contributed by atoms with Gasteiger partial charge in [0.05, 0.1) is 11.3 Å². The first kappa shape index (κ1) is 10.7. The smallest absolute Gasteiger partial charge is 0.166 e. The predicted octanol–water partition coefficient (Wildman–Crippen LogP) is 2.84. The molecule has 0 saturated heterocycles. The Bertz CT molecular complexity index is 587. The van der Waals surface area contributed by atoms with Crippen molar-refractivity contribution in [1.82, 2.24) is 4.57 Å². The molecule has 2 aromatic rings. The van der Waals surface area contributed by atoms with Crippen LogP contribution in [-0.4, -0.2) is 10.9 Å². The Hall–Kier alpha value is -1.86. The van der Waals surface area contributed by atoms with Crippen molar-refractivity contribution in [2.45, 2.75) is 13.8 Å². The molecular weight excluding hydrogens is 220 g/mol. The van der Waals surface area contributed by atoms with Gasteiger partial charge in [-0.25, -0.2) is 0 Å². The van der Waals surface area contributed by atoms with Crippen LogP contribution in [0.5, 0.6) is 0 Å². The van der Waals surface area contributed by atoms with E-state index < -0.39 is 0 Å². The molecule has 0 radical (unpaired) electrons. The van der Waals surface area contributed by atoms with Gasteiger partial charge < -0.3 is 4.57 Å². The summed E-state index contributed by atoms with van der Waals surface area (Å²) in [5.41, 5.74) is 2.22. The largest absolute Gasteiger partial charge is 0.304 e. The Labute approximate surface area is 97.6 Å². The number of aryl methyl sites for hydroxylation is 1. The van der Waals surface area contributed by atoms with Crippen LogP contribution in [-0.2, 0) is 0 Å². The zero-order chi connectivity index (χ0) is 11.7. The van der Waals surface area contributed by atoms with Gasteiger partial charge in [0.15, 0.2) is 6.29 Å². The van der Waals surface area contributed by atoms with E-state index in [0.717, 1.165) is 21.7 Å². The highest BCUT2D eigenvalue weighted by atomic mass is 32.1. The third kappa shape index (κ3) is 1.46. The number of nitriles is 1. The predicted molar refractivity (Wildman–Crippen MR) is 63.2 cm³/mol. The van der Waals surface area contributed by atoms with Gasteiger partial charge in [0.1, 0.15) is 11.1 Å². The van der Waals surface area contributed by atoms with Gasteiger partial charge in [-0.05, 0) is 31.5 Å². The first-order chi connectivity index (χ1) is 7.69. The van der Waals surface area contributed by atoms with E-state index >= 15 is 0 Å². The monoisotopic (exact) mass is 230 g/mol. The fourth-order valence-electron chi connectivity index (χ4n) is 1.59. The Balaban J connectivity index is 2.70. The third-order valence-corrected chi connectivity index (χ3v) is 3.80. The van der Waals surface area contributed by atoms with Crippen LogP contribution in [0.2, 0.25) is 0 Å². The minimum atomic E-state index is 0.567. The molecule has 16 heavy (non-hydrogen) atoms. The summed E-state index contributed by atoms with van der Waals surface area (Å²) in [4.78, 5) is 12.0. The molecule has 3 nitrogen and oxygen atoms in total. The minimum absolute atomic E-state index is 0.567. The van der Waals surface area contributed by atoms with Crippen LogP contribution in [0.3, 0.4) is 0 Å². The Morgan fingerprint density at radius 3 is 2.88 bits per heavy atom. The molecule has 0 saturated carbocycles. The van der Waals surface area contributed by atoms with Gasteiger partial charge in [0.25, 0.3) is 0 Å². The molecule has 0 N–H and O–H groups in total. The molecular formula is C12H10N2OS. The Morgan fingerprint density at radius 2 is 2.25 bits per heavy atom. The van der Waals surface area contributed by atoms with E-state index in [1.54, 1.807) is 22.9 Å². The second-order valence-electron chi connectivity index (χ2n) is 3.50. The van der Waals surface area contributed by atoms with Gasteiger partial charge >= 0.3 is 0 Å². The van der Waals surface area contributed by atoms with Gasteiger partial charge in [0.2, 0.25) is 0 Å². The van der Waals surface area contributed by atoms with Crippen LogP contribution < -0.4 is 0 Å². The van der Waals surface area contributed by atoms with Crippen molar-refractivity contribution in [3.05, 3.63) is 40.0 Å². The molecule has 0 aliphatic carbocycles. The summed E-state index contributed by atoms with van der Waals surface area (Å²) in [6.07, 6.45) is 2.60. The molecule has 0 aromatic carbocycles. The van der Waals surface area contributed by atoms with Gasteiger partial charge in [0, 0.05) is 11.1 Å². The van der Waals surface area contributed by atoms with Crippen LogP contribution in [0.15, 0.2) is 18.3 Å². The van der Waals surface area contributed by atoms with Crippen LogP contribution in [0.4, 0.5) is 0 Å². The molecule has 2 heterocycles. The molecule has 0 aliphatic rings. The number of carbonyl (C=O) groups excluding carboxylic acids is 1. The van der Waals surface area contributed by atoms with Gasteiger partial charge in [-0.3, -0.25) is 4.79 Å². The number of aldehydes is 1. The highest BCUT2D eigenvalue weighted by Crippen LogP contribution is 2.30. The maximum Gasteiger partial charge on any atom is 0.166 e. The topological polar surface area (TPSA) is 45.8 Å². The van der Waals surface area contributed by atoms with Crippen molar-refractivity contribution < 1.29 is 4.79 Å². The van der Waals surface area contributed by atoms with E-state index in [9.17, 15) is 4.79 Å². The molecule has 0 unspecified atom stereocenters. The normalized spacial score (nSPS) is 10.1. The number of carbonyl (C=O) groups is 1. The lowest BCUT2D eigenvalue weighted by Gasteiger charge is -2.02. The zero-order valence-electron chi connectivity index (χ0n) is 9.02. The second kappa shape index (κ2) is 3.95. The first-order valence-electron chi connectivity index (χ1n) is 4.82. The Morgan fingerprint density at radius 1 is 1.50 bits per heavy atom. The van der Waals surface area contributed by atoms with Crippen molar-refractivity contribution >= 4 is 17.6 Å². The number of hydrogen-bond acceptors (Lipinski definition) is 3. The molecule has 0 atom stereocenters. The van der Waals surface area contributed by atoms with E-state index in [4.69, 9.17) is 5.26 Å². The lowest BCUT2D eigenvalue weighted by molar-refractivity contribution is 0.111. The minimum Gasteiger partial charge on any atom is -0.304 e. The molecule has 2 rings (SSSR count). The van der Waals surface area contributed by atoms with Gasteiger partial charge in [-0.1, -0.05) is 0 Å². The third-order valence-electron chi connectivity index (χ3n) is 2.60. The van der Waals surface area contributed by atoms with E-state index in [1.807, 2.05) is 13.8 Å². The maximum absolute atomic E-state index is 10.9. The molecule has 0 spiro atoms. The highest BCUT2D eigenvalue weighted by Gasteiger charge is 2.15. The number of hydrogen-bond donors (Lipinski definition) is 0. The van der Waals surface area contributed by atoms with Gasteiger partial charge in [-0.15, -0.1) is 11.3 Å². The highest BCUT2D eigenvalue weighted by molar-refractivity contribution is 7.14. The van der Waals surface area contributed by atoms with Crippen molar-refractivity contribution in [3.8, 4) is 11.1 Å². The van der Waals surface area contributed by atoms with Crippen LogP contribution in [0.25, 0.3) is 5.00 Å². The summed E-state index contributed by atoms with van der Waals surface area (Å²) in [5.74, 6) is 0. The van der Waals surface area contributed by atoms with E-state index in [1.165, 1.54) is 11.3 Å². The summed E-state index contributed by atoms with van der Waals surface area (Å²) < 4.78 is 1.76. The van der Waals surface area contributed by atoms with E-state index in [2.05, 4.69) is 6.07 Å². The summed E-state index contributed by atoms with van der Waals surface area (Å²) in [7, 11) is 0. The first-order valence-corrected chi connectivity index (χ1v) is 5.63. The van der Waals surface area contributed by atoms with Crippen LogP contribution >= 0.6 is 11.3 Å². The molecule has 4 heteroatoms. The van der Waals surface area contributed by atoms with Crippen molar-refractivity contribution in [3.63, 3.8) is 0 Å². The standard InChI is InChI=1S/C12H10N2OS/c1-8-9(2)16-12(11(8)6-13)14-5-3-4-10(14)7-15/h3-5,7H,1-2H3. The van der Waals surface area contributed by atoms with E-state index in [0.29, 0.717) is 11.3 Å². The fraction of sp³-hybridized carbons (Fsp3) is 0.167. The van der Waals surface area contributed by atoms with Crippen LogP contribution in [0, 0.1) is 25.2 Å². The molecule has 80 valence electrons. The second-order valence-corrected chi connectivity index (χ2v) is 4.70. The number of rotatable bonds is 2. The van der Waals surface area contributed by atoms with Crippen molar-refractivity contribution in [2.75, 3.05) is 0 Å². The molecule has 0 bridgehead atoms. The lowest BCUT2D eigenvalue weighted by Crippen LogP contribution is -1.97. The van der Waals surface area contributed by atoms with Crippen molar-refractivity contribution in [2.24, 2.45) is 0 Å². The molecule has 0 amide bonds. The molecule has 0 aliphatic heterocycles. The van der Waals surface area contributed by atoms with E-state index in [-0.39, 0.29) is 0 Å². The zero-order valence-corrected chi connectivity index (χ0v) is 9.84. The summed E-state index contributed by atoms with van der Waals surface area (Å²) in [6, 6.07) is 5.73.